The number of hydrogen-bond acceptors (Lipinski definition) is 4. The number of nitrogens with two attached hydrogens (primary N) is 1. The van der Waals surface area contributed by atoms with Crippen LogP contribution in [-0.4, -0.2) is 11.0 Å². The van der Waals surface area contributed by atoms with Crippen LogP contribution in [0.25, 0.3) is 0 Å². The number of nitrogens with zero attached hydrogens (tertiary/aromatic N) is 2. The van der Waals surface area contributed by atoms with Gasteiger partial charge in [0, 0.05) is 17.8 Å². The van der Waals surface area contributed by atoms with Gasteiger partial charge in [0.1, 0.15) is 24.1 Å². The lowest BCUT2D eigenvalue weighted by molar-refractivity contribution is 0.301. The number of ether oxygens (including phenoxy) is 1. The third kappa shape index (κ3) is 3.56. The van der Waals surface area contributed by atoms with E-state index in [0.29, 0.717) is 12.3 Å². The third-order valence-corrected chi connectivity index (χ3v) is 2.89. The Labute approximate surface area is 118 Å². The maximum Gasteiger partial charge on any atom is 0.147 e. The van der Waals surface area contributed by atoms with Crippen molar-refractivity contribution in [2.45, 2.75) is 26.0 Å². The van der Waals surface area contributed by atoms with E-state index < -0.39 is 0 Å². The van der Waals surface area contributed by atoms with Crippen molar-refractivity contribution in [2.75, 3.05) is 0 Å². The topological polar surface area (TPSA) is 71.9 Å². The van der Waals surface area contributed by atoms with E-state index in [1.165, 1.54) is 0 Å². The SMILES string of the molecule is CC(N)Cc1ccccc1OCc1cccnc1C#N. The summed E-state index contributed by atoms with van der Waals surface area (Å²) in [6.45, 7) is 2.29. The summed E-state index contributed by atoms with van der Waals surface area (Å²) in [6.07, 6.45) is 2.36. The summed E-state index contributed by atoms with van der Waals surface area (Å²) in [4.78, 5) is 4.02. The molecule has 0 bridgehead atoms. The Hall–Kier alpha value is -2.38. The van der Waals surface area contributed by atoms with Gasteiger partial charge in [-0.3, -0.25) is 0 Å². The minimum Gasteiger partial charge on any atom is -0.489 e. The molecular formula is C16H17N3O. The molecule has 20 heavy (non-hydrogen) atoms. The Morgan fingerprint density at radius 2 is 2.00 bits per heavy atom. The predicted molar refractivity (Wildman–Crippen MR) is 77.1 cm³/mol. The average Bonchev–Trinajstić information content (AvgIpc) is 2.46. The van der Waals surface area contributed by atoms with Crippen molar-refractivity contribution >= 4 is 0 Å². The number of nitriles is 1. The van der Waals surface area contributed by atoms with Gasteiger partial charge in [0.15, 0.2) is 0 Å². The molecule has 1 aromatic heterocycles. The lowest BCUT2D eigenvalue weighted by Crippen LogP contribution is -2.18. The van der Waals surface area contributed by atoms with E-state index in [1.54, 1.807) is 12.3 Å². The van der Waals surface area contributed by atoms with Gasteiger partial charge in [-0.25, -0.2) is 4.98 Å². The van der Waals surface area contributed by atoms with Crippen LogP contribution in [0.2, 0.25) is 0 Å². The van der Waals surface area contributed by atoms with Crippen LogP contribution >= 0.6 is 0 Å². The van der Waals surface area contributed by atoms with Gasteiger partial charge in [-0.15, -0.1) is 0 Å². The van der Waals surface area contributed by atoms with Crippen molar-refractivity contribution in [1.29, 1.82) is 5.26 Å². The van der Waals surface area contributed by atoms with Crippen LogP contribution < -0.4 is 10.5 Å². The number of para-hydroxylation sites is 1. The molecule has 0 saturated heterocycles. The zero-order valence-corrected chi connectivity index (χ0v) is 11.4. The summed E-state index contributed by atoms with van der Waals surface area (Å²) >= 11 is 0. The molecule has 1 heterocycles. The molecule has 0 aliphatic heterocycles. The second-order valence-electron chi connectivity index (χ2n) is 4.70. The fourth-order valence-electron chi connectivity index (χ4n) is 1.97. The molecule has 0 fully saturated rings. The standard InChI is InChI=1S/C16H17N3O/c1-12(18)9-13-5-2-3-7-16(13)20-11-14-6-4-8-19-15(14)10-17/h2-8,12H,9,11,18H2,1H3. The highest BCUT2D eigenvalue weighted by molar-refractivity contribution is 5.35. The molecule has 1 aromatic carbocycles. The Kier molecular flexibility index (Phi) is 4.70. The van der Waals surface area contributed by atoms with Gasteiger partial charge in [0.05, 0.1) is 0 Å². The molecule has 4 heteroatoms. The minimum absolute atomic E-state index is 0.0767. The number of aromatic nitrogens is 1. The average molecular weight is 267 g/mol. The van der Waals surface area contributed by atoms with Gasteiger partial charge in [-0.05, 0) is 31.0 Å². The second-order valence-corrected chi connectivity index (χ2v) is 4.70. The van der Waals surface area contributed by atoms with Crippen molar-refractivity contribution in [3.8, 4) is 11.8 Å². The monoisotopic (exact) mass is 267 g/mol. The Balaban J connectivity index is 2.13. The van der Waals surface area contributed by atoms with Crippen LogP contribution in [0.15, 0.2) is 42.6 Å². The zero-order valence-electron chi connectivity index (χ0n) is 11.4. The van der Waals surface area contributed by atoms with Crippen LogP contribution in [-0.2, 0) is 13.0 Å². The van der Waals surface area contributed by atoms with E-state index in [1.807, 2.05) is 37.3 Å². The van der Waals surface area contributed by atoms with Gasteiger partial charge >= 0.3 is 0 Å². The molecule has 0 saturated carbocycles. The molecule has 4 nitrogen and oxygen atoms in total. The molecule has 0 spiro atoms. The van der Waals surface area contributed by atoms with Gasteiger partial charge in [-0.1, -0.05) is 24.3 Å². The molecule has 2 rings (SSSR count). The smallest absolute Gasteiger partial charge is 0.147 e. The number of rotatable bonds is 5. The Morgan fingerprint density at radius 1 is 1.25 bits per heavy atom. The summed E-state index contributed by atoms with van der Waals surface area (Å²) in [5.41, 5.74) is 8.09. The summed E-state index contributed by atoms with van der Waals surface area (Å²) in [7, 11) is 0. The van der Waals surface area contributed by atoms with Crippen LogP contribution in [0.5, 0.6) is 5.75 Å². The molecule has 102 valence electrons. The zero-order chi connectivity index (χ0) is 14.4. The molecule has 2 N–H and O–H groups in total. The van der Waals surface area contributed by atoms with E-state index in [9.17, 15) is 0 Å². The highest BCUT2D eigenvalue weighted by Gasteiger charge is 2.07. The van der Waals surface area contributed by atoms with Crippen molar-refractivity contribution in [3.05, 3.63) is 59.4 Å². The van der Waals surface area contributed by atoms with Gasteiger partial charge in [0.25, 0.3) is 0 Å². The van der Waals surface area contributed by atoms with Gasteiger partial charge in [-0.2, -0.15) is 5.26 Å². The maximum absolute atomic E-state index is 9.00. The van der Waals surface area contributed by atoms with Crippen LogP contribution in [0.3, 0.4) is 0 Å². The molecule has 2 aromatic rings. The van der Waals surface area contributed by atoms with Crippen LogP contribution in [0.4, 0.5) is 0 Å². The first-order chi connectivity index (χ1) is 9.70. The summed E-state index contributed by atoms with van der Waals surface area (Å²) in [5.74, 6) is 0.803. The number of hydrogen-bond donors (Lipinski definition) is 1. The first kappa shape index (κ1) is 14.0. The summed E-state index contributed by atoms with van der Waals surface area (Å²) < 4.78 is 5.82. The molecule has 0 aliphatic rings. The van der Waals surface area contributed by atoms with Crippen LogP contribution in [0, 0.1) is 11.3 Å². The maximum atomic E-state index is 9.00. The van der Waals surface area contributed by atoms with E-state index in [2.05, 4.69) is 11.1 Å². The van der Waals surface area contributed by atoms with E-state index in [4.69, 9.17) is 15.7 Å². The molecule has 0 radical (unpaired) electrons. The molecule has 0 amide bonds. The fraction of sp³-hybridized carbons (Fsp3) is 0.250. The van der Waals surface area contributed by atoms with E-state index in [0.717, 1.165) is 23.3 Å². The van der Waals surface area contributed by atoms with Crippen molar-refractivity contribution in [1.82, 2.24) is 4.98 Å². The minimum atomic E-state index is 0.0767. The molecule has 1 atom stereocenters. The molecular weight excluding hydrogens is 250 g/mol. The molecule has 1 unspecified atom stereocenters. The summed E-state index contributed by atoms with van der Waals surface area (Å²) in [6, 6.07) is 13.6. The first-order valence-corrected chi connectivity index (χ1v) is 6.51. The van der Waals surface area contributed by atoms with Crippen molar-refractivity contribution in [3.63, 3.8) is 0 Å². The third-order valence-electron chi connectivity index (χ3n) is 2.89. The predicted octanol–water partition coefficient (Wildman–Crippen LogP) is 2.42. The van der Waals surface area contributed by atoms with Crippen molar-refractivity contribution in [2.24, 2.45) is 5.73 Å². The quantitative estimate of drug-likeness (QED) is 0.903. The van der Waals surface area contributed by atoms with Crippen LogP contribution in [0.1, 0.15) is 23.7 Å². The van der Waals surface area contributed by atoms with Gasteiger partial charge < -0.3 is 10.5 Å². The molecule has 0 aliphatic carbocycles. The Morgan fingerprint density at radius 3 is 2.75 bits per heavy atom. The normalized spacial score (nSPS) is 11.7. The first-order valence-electron chi connectivity index (χ1n) is 6.51. The van der Waals surface area contributed by atoms with Gasteiger partial charge in [0.2, 0.25) is 0 Å². The Bertz CT molecular complexity index is 617. The highest BCUT2D eigenvalue weighted by Crippen LogP contribution is 2.21. The lowest BCUT2D eigenvalue weighted by Gasteiger charge is -2.13. The highest BCUT2D eigenvalue weighted by atomic mass is 16.5. The fourth-order valence-corrected chi connectivity index (χ4v) is 1.97. The summed E-state index contributed by atoms with van der Waals surface area (Å²) in [5, 5.41) is 9.00. The largest absolute Gasteiger partial charge is 0.489 e. The second kappa shape index (κ2) is 6.69. The van der Waals surface area contributed by atoms with E-state index >= 15 is 0 Å². The number of pyridine rings is 1. The number of benzene rings is 1. The lowest BCUT2D eigenvalue weighted by atomic mass is 10.1. The van der Waals surface area contributed by atoms with Crippen molar-refractivity contribution < 1.29 is 4.74 Å². The van der Waals surface area contributed by atoms with E-state index in [-0.39, 0.29) is 6.04 Å².